The lowest BCUT2D eigenvalue weighted by molar-refractivity contribution is -0.147. The molecule has 0 fully saturated rings. The van der Waals surface area contributed by atoms with E-state index in [-0.39, 0.29) is 5.91 Å². The zero-order chi connectivity index (χ0) is 13.4. The van der Waals surface area contributed by atoms with Gasteiger partial charge >= 0.3 is 5.97 Å². The molecule has 0 aliphatic rings. The fourth-order valence-corrected chi connectivity index (χ4v) is 1.46. The first-order valence-electron chi connectivity index (χ1n) is 6.14. The van der Waals surface area contributed by atoms with Crippen LogP contribution in [0.5, 0.6) is 0 Å². The first-order chi connectivity index (χ1) is 7.92. The molecule has 0 bridgehead atoms. The number of hydrogen-bond acceptors (Lipinski definition) is 4. The van der Waals surface area contributed by atoms with Gasteiger partial charge in [0.25, 0.3) is 0 Å². The molecule has 0 aliphatic carbocycles. The van der Waals surface area contributed by atoms with Crippen LogP contribution in [0.15, 0.2) is 0 Å². The van der Waals surface area contributed by atoms with Crippen LogP contribution >= 0.6 is 0 Å². The lowest BCUT2D eigenvalue weighted by atomic mass is 10.0. The number of ether oxygens (including phenoxy) is 1. The minimum absolute atomic E-state index is 0.293. The van der Waals surface area contributed by atoms with E-state index in [0.29, 0.717) is 25.4 Å². The average molecular weight is 244 g/mol. The molecular formula is C12H24N2O3. The number of esters is 1. The van der Waals surface area contributed by atoms with Crippen LogP contribution in [0.25, 0.3) is 0 Å². The second-order valence-electron chi connectivity index (χ2n) is 4.46. The van der Waals surface area contributed by atoms with Gasteiger partial charge in [-0.15, -0.1) is 0 Å². The molecule has 2 atom stereocenters. The molecule has 0 radical (unpaired) electrons. The molecule has 0 saturated heterocycles. The molecule has 3 N–H and O–H groups in total. The summed E-state index contributed by atoms with van der Waals surface area (Å²) in [5.74, 6) is -0.350. The van der Waals surface area contributed by atoms with Crippen molar-refractivity contribution < 1.29 is 14.3 Å². The maximum absolute atomic E-state index is 11.7. The molecule has 1 amide bonds. The van der Waals surface area contributed by atoms with Gasteiger partial charge in [-0.2, -0.15) is 0 Å². The minimum atomic E-state index is -0.597. The van der Waals surface area contributed by atoms with Crippen LogP contribution in [-0.4, -0.2) is 30.6 Å². The van der Waals surface area contributed by atoms with Gasteiger partial charge in [-0.3, -0.25) is 4.79 Å². The minimum Gasteiger partial charge on any atom is -0.464 e. The van der Waals surface area contributed by atoms with Crippen LogP contribution < -0.4 is 11.1 Å². The van der Waals surface area contributed by atoms with E-state index in [1.54, 1.807) is 6.92 Å². The van der Waals surface area contributed by atoms with Crippen molar-refractivity contribution in [2.45, 2.75) is 52.6 Å². The second-order valence-corrected chi connectivity index (χ2v) is 4.46. The Morgan fingerprint density at radius 2 is 1.88 bits per heavy atom. The second kappa shape index (κ2) is 8.06. The van der Waals surface area contributed by atoms with Gasteiger partial charge in [-0.25, -0.2) is 4.79 Å². The van der Waals surface area contributed by atoms with Gasteiger partial charge in [0.2, 0.25) is 5.91 Å². The van der Waals surface area contributed by atoms with Gasteiger partial charge in [-0.1, -0.05) is 20.8 Å². The highest BCUT2D eigenvalue weighted by Gasteiger charge is 2.23. The van der Waals surface area contributed by atoms with Crippen molar-refractivity contribution >= 4 is 11.9 Å². The van der Waals surface area contributed by atoms with Gasteiger partial charge in [0, 0.05) is 0 Å². The van der Waals surface area contributed by atoms with Crippen LogP contribution in [0, 0.1) is 5.92 Å². The zero-order valence-electron chi connectivity index (χ0n) is 11.2. The summed E-state index contributed by atoms with van der Waals surface area (Å²) < 4.78 is 4.86. The molecule has 0 saturated carbocycles. The van der Waals surface area contributed by atoms with Crippen molar-refractivity contribution in [3.63, 3.8) is 0 Å². The van der Waals surface area contributed by atoms with Crippen LogP contribution in [0.2, 0.25) is 0 Å². The molecule has 0 spiro atoms. The summed E-state index contributed by atoms with van der Waals surface area (Å²) in [6.45, 7) is 7.85. The van der Waals surface area contributed by atoms with E-state index in [0.717, 1.165) is 0 Å². The quantitative estimate of drug-likeness (QED) is 0.650. The molecule has 0 rings (SSSR count). The van der Waals surface area contributed by atoms with Crippen molar-refractivity contribution in [2.24, 2.45) is 11.7 Å². The predicted octanol–water partition coefficient (Wildman–Crippen LogP) is 0.818. The SMILES string of the molecule is CCOC(=O)[C@H](CC)NC(=O)[C@@H](N)CC(C)C. The third-order valence-electron chi connectivity index (χ3n) is 2.36. The van der Waals surface area contributed by atoms with Crippen molar-refractivity contribution in [3.05, 3.63) is 0 Å². The zero-order valence-corrected chi connectivity index (χ0v) is 11.2. The molecule has 5 heteroatoms. The summed E-state index contributed by atoms with van der Waals surface area (Å²) in [4.78, 5) is 23.2. The average Bonchev–Trinajstić information content (AvgIpc) is 2.24. The molecule has 0 aromatic heterocycles. The maximum atomic E-state index is 11.7. The van der Waals surface area contributed by atoms with Crippen molar-refractivity contribution in [1.29, 1.82) is 0 Å². The summed E-state index contributed by atoms with van der Waals surface area (Å²) in [5, 5.41) is 2.62. The van der Waals surface area contributed by atoms with Crippen molar-refractivity contribution in [3.8, 4) is 0 Å². The third kappa shape index (κ3) is 6.26. The topological polar surface area (TPSA) is 81.4 Å². The van der Waals surface area contributed by atoms with E-state index in [1.807, 2.05) is 20.8 Å². The van der Waals surface area contributed by atoms with Gasteiger partial charge in [-0.05, 0) is 25.7 Å². The molecule has 100 valence electrons. The smallest absolute Gasteiger partial charge is 0.328 e. The lowest BCUT2D eigenvalue weighted by Crippen LogP contribution is -2.49. The molecule has 5 nitrogen and oxygen atoms in total. The largest absolute Gasteiger partial charge is 0.464 e. The number of carbonyl (C=O) groups excluding carboxylic acids is 2. The monoisotopic (exact) mass is 244 g/mol. The highest BCUT2D eigenvalue weighted by molar-refractivity contribution is 5.87. The van der Waals surface area contributed by atoms with Crippen LogP contribution in [0.1, 0.15) is 40.5 Å². The number of nitrogens with two attached hydrogens (primary N) is 1. The van der Waals surface area contributed by atoms with Crippen molar-refractivity contribution in [2.75, 3.05) is 6.61 Å². The van der Waals surface area contributed by atoms with E-state index in [4.69, 9.17) is 10.5 Å². The Balaban J connectivity index is 4.27. The number of amides is 1. The highest BCUT2D eigenvalue weighted by atomic mass is 16.5. The summed E-state index contributed by atoms with van der Waals surface area (Å²) in [6, 6.07) is -1.17. The molecule has 0 heterocycles. The van der Waals surface area contributed by atoms with Crippen LogP contribution in [-0.2, 0) is 14.3 Å². The van der Waals surface area contributed by atoms with E-state index < -0.39 is 18.1 Å². The van der Waals surface area contributed by atoms with E-state index >= 15 is 0 Å². The van der Waals surface area contributed by atoms with Crippen LogP contribution in [0.4, 0.5) is 0 Å². The number of rotatable bonds is 7. The molecule has 17 heavy (non-hydrogen) atoms. The molecule has 0 unspecified atom stereocenters. The van der Waals surface area contributed by atoms with Crippen molar-refractivity contribution in [1.82, 2.24) is 5.32 Å². The van der Waals surface area contributed by atoms with Gasteiger partial charge < -0.3 is 15.8 Å². The summed E-state index contributed by atoms with van der Waals surface area (Å²) >= 11 is 0. The summed E-state index contributed by atoms with van der Waals surface area (Å²) in [6.07, 6.45) is 1.10. The molecule has 0 aliphatic heterocycles. The third-order valence-corrected chi connectivity index (χ3v) is 2.36. The predicted molar refractivity (Wildman–Crippen MR) is 66.3 cm³/mol. The van der Waals surface area contributed by atoms with Gasteiger partial charge in [0.1, 0.15) is 6.04 Å². The Hall–Kier alpha value is -1.10. The normalized spacial score (nSPS) is 14.2. The number of carbonyl (C=O) groups is 2. The Labute approximate surface area is 103 Å². The molecule has 0 aromatic rings. The summed E-state index contributed by atoms with van der Waals surface area (Å²) in [7, 11) is 0. The first-order valence-corrected chi connectivity index (χ1v) is 6.14. The van der Waals surface area contributed by atoms with Gasteiger partial charge in [0.05, 0.1) is 12.6 Å². The standard InChI is InChI=1S/C12H24N2O3/c1-5-10(12(16)17-6-2)14-11(15)9(13)7-8(3)4/h8-10H,5-7,13H2,1-4H3,(H,14,15)/t9-,10-/m0/s1. The van der Waals surface area contributed by atoms with E-state index in [1.165, 1.54) is 0 Å². The molecular weight excluding hydrogens is 220 g/mol. The fourth-order valence-electron chi connectivity index (χ4n) is 1.46. The highest BCUT2D eigenvalue weighted by Crippen LogP contribution is 2.04. The summed E-state index contributed by atoms with van der Waals surface area (Å²) in [5.41, 5.74) is 5.73. The Bertz CT molecular complexity index is 254. The maximum Gasteiger partial charge on any atom is 0.328 e. The number of hydrogen-bond donors (Lipinski definition) is 2. The lowest BCUT2D eigenvalue weighted by Gasteiger charge is -2.19. The Morgan fingerprint density at radius 3 is 2.29 bits per heavy atom. The number of nitrogens with one attached hydrogen (secondary N) is 1. The van der Waals surface area contributed by atoms with Crippen LogP contribution in [0.3, 0.4) is 0 Å². The Morgan fingerprint density at radius 1 is 1.29 bits per heavy atom. The van der Waals surface area contributed by atoms with Gasteiger partial charge in [0.15, 0.2) is 0 Å². The first kappa shape index (κ1) is 15.9. The van der Waals surface area contributed by atoms with E-state index in [9.17, 15) is 9.59 Å². The Kier molecular flexibility index (Phi) is 7.54. The fraction of sp³-hybridized carbons (Fsp3) is 0.833. The van der Waals surface area contributed by atoms with E-state index in [2.05, 4.69) is 5.32 Å². The molecule has 0 aromatic carbocycles.